The maximum absolute atomic E-state index is 12.4. The lowest BCUT2D eigenvalue weighted by Crippen LogP contribution is -2.35. The summed E-state index contributed by atoms with van der Waals surface area (Å²) in [6, 6.07) is 3.11. The first-order valence-corrected chi connectivity index (χ1v) is 3.44. The SMILES string of the molecule is C[N+](C)(C)c1ccc(F)cn1. The van der Waals surface area contributed by atoms with Crippen LogP contribution < -0.4 is 4.48 Å². The number of nitrogens with zero attached hydrogens (tertiary/aromatic N) is 2. The largest absolute Gasteiger partial charge is 0.282 e. The predicted molar refractivity (Wildman–Crippen MR) is 43.8 cm³/mol. The molecule has 0 aliphatic carbocycles. The van der Waals surface area contributed by atoms with Crippen LogP contribution in [-0.2, 0) is 0 Å². The number of quaternary nitrogens is 1. The molecule has 0 aliphatic rings. The molecule has 0 saturated heterocycles. The fourth-order valence-corrected chi connectivity index (χ4v) is 0.765. The molecule has 11 heavy (non-hydrogen) atoms. The molecule has 0 bridgehead atoms. The highest BCUT2D eigenvalue weighted by Gasteiger charge is 2.12. The summed E-state index contributed by atoms with van der Waals surface area (Å²) in [5.74, 6) is 0.564. The summed E-state index contributed by atoms with van der Waals surface area (Å²) >= 11 is 0. The molecule has 0 aliphatic heterocycles. The van der Waals surface area contributed by atoms with E-state index >= 15 is 0 Å². The minimum absolute atomic E-state index is 0.290. The molecular formula is C8H12FN2+. The standard InChI is InChI=1S/C8H12FN2/c1-11(2,3)8-5-4-7(9)6-10-8/h4-6H,1-3H3/q+1. The number of aromatic nitrogens is 1. The van der Waals surface area contributed by atoms with Crippen molar-refractivity contribution in [1.82, 2.24) is 9.47 Å². The van der Waals surface area contributed by atoms with Gasteiger partial charge in [-0.25, -0.2) is 9.37 Å². The van der Waals surface area contributed by atoms with E-state index in [9.17, 15) is 4.39 Å². The third-order valence-electron chi connectivity index (χ3n) is 1.40. The lowest BCUT2D eigenvalue weighted by atomic mass is 10.4. The van der Waals surface area contributed by atoms with Crippen LogP contribution in [0.1, 0.15) is 0 Å². The fourth-order valence-electron chi connectivity index (χ4n) is 0.765. The molecule has 1 aromatic heterocycles. The average Bonchev–Trinajstić information content (AvgIpc) is 1.86. The molecule has 0 atom stereocenters. The Morgan fingerprint density at radius 2 is 1.91 bits per heavy atom. The van der Waals surface area contributed by atoms with Gasteiger partial charge in [0.05, 0.1) is 27.3 Å². The van der Waals surface area contributed by atoms with Crippen molar-refractivity contribution in [2.45, 2.75) is 0 Å². The molecule has 60 valence electrons. The molecular weight excluding hydrogens is 143 g/mol. The van der Waals surface area contributed by atoms with Crippen molar-refractivity contribution in [2.75, 3.05) is 21.1 Å². The summed E-state index contributed by atoms with van der Waals surface area (Å²) in [6.45, 7) is 0. The molecule has 0 aromatic carbocycles. The number of hydrogen-bond acceptors (Lipinski definition) is 1. The fraction of sp³-hybridized carbons (Fsp3) is 0.375. The first kappa shape index (κ1) is 8.14. The maximum Gasteiger partial charge on any atom is 0.227 e. The van der Waals surface area contributed by atoms with Crippen molar-refractivity contribution >= 4 is 5.82 Å². The Balaban J connectivity index is 2.99. The van der Waals surface area contributed by atoms with Gasteiger partial charge >= 0.3 is 0 Å². The topological polar surface area (TPSA) is 12.9 Å². The monoisotopic (exact) mass is 155 g/mol. The lowest BCUT2D eigenvalue weighted by molar-refractivity contribution is 0.470. The van der Waals surface area contributed by atoms with Crippen LogP contribution in [0.3, 0.4) is 0 Å². The highest BCUT2D eigenvalue weighted by Crippen LogP contribution is 2.11. The summed E-state index contributed by atoms with van der Waals surface area (Å²) in [5, 5.41) is 0. The van der Waals surface area contributed by atoms with E-state index in [1.54, 1.807) is 6.07 Å². The van der Waals surface area contributed by atoms with E-state index in [0.717, 1.165) is 5.82 Å². The summed E-state index contributed by atoms with van der Waals surface area (Å²) in [5.41, 5.74) is 0. The lowest BCUT2D eigenvalue weighted by Gasteiger charge is -2.21. The summed E-state index contributed by atoms with van der Waals surface area (Å²) in [6.07, 6.45) is 1.23. The average molecular weight is 155 g/mol. The van der Waals surface area contributed by atoms with E-state index < -0.39 is 0 Å². The van der Waals surface area contributed by atoms with E-state index in [2.05, 4.69) is 4.98 Å². The van der Waals surface area contributed by atoms with Gasteiger partial charge in [-0.1, -0.05) is 0 Å². The van der Waals surface area contributed by atoms with Crippen LogP contribution in [0.25, 0.3) is 0 Å². The van der Waals surface area contributed by atoms with E-state index in [0.29, 0.717) is 4.48 Å². The first-order chi connectivity index (χ1) is 5.00. The molecule has 1 rings (SSSR count). The molecule has 0 fully saturated rings. The van der Waals surface area contributed by atoms with Gasteiger partial charge in [-0.2, -0.15) is 0 Å². The van der Waals surface area contributed by atoms with Gasteiger partial charge in [-0.05, 0) is 6.07 Å². The zero-order chi connectivity index (χ0) is 8.48. The number of pyridine rings is 1. The Morgan fingerprint density at radius 1 is 1.27 bits per heavy atom. The quantitative estimate of drug-likeness (QED) is 0.559. The van der Waals surface area contributed by atoms with Crippen LogP contribution in [0.4, 0.5) is 10.2 Å². The molecule has 0 radical (unpaired) electrons. The molecule has 3 heteroatoms. The highest BCUT2D eigenvalue weighted by molar-refractivity contribution is 5.31. The van der Waals surface area contributed by atoms with Crippen LogP contribution in [-0.4, -0.2) is 26.1 Å². The molecule has 1 heterocycles. The molecule has 0 unspecified atom stereocenters. The van der Waals surface area contributed by atoms with E-state index in [-0.39, 0.29) is 5.82 Å². The van der Waals surface area contributed by atoms with Gasteiger partial charge in [0.1, 0.15) is 5.82 Å². The Labute approximate surface area is 65.9 Å². The van der Waals surface area contributed by atoms with Crippen molar-refractivity contribution in [3.05, 3.63) is 24.1 Å². The van der Waals surface area contributed by atoms with E-state index in [1.807, 2.05) is 21.1 Å². The van der Waals surface area contributed by atoms with Gasteiger partial charge in [0.25, 0.3) is 0 Å². The third kappa shape index (κ3) is 1.98. The molecule has 2 nitrogen and oxygen atoms in total. The Hall–Kier alpha value is -0.960. The van der Waals surface area contributed by atoms with Crippen molar-refractivity contribution < 1.29 is 4.39 Å². The van der Waals surface area contributed by atoms with Crippen molar-refractivity contribution in [3.8, 4) is 0 Å². The number of hydrogen-bond donors (Lipinski definition) is 0. The van der Waals surface area contributed by atoms with Gasteiger partial charge in [0, 0.05) is 6.07 Å². The van der Waals surface area contributed by atoms with Gasteiger partial charge in [-0.3, -0.25) is 4.48 Å². The van der Waals surface area contributed by atoms with Gasteiger partial charge in [0.15, 0.2) is 0 Å². The van der Waals surface area contributed by atoms with Crippen molar-refractivity contribution in [3.63, 3.8) is 0 Å². The molecule has 0 saturated carbocycles. The Kier molecular flexibility index (Phi) is 1.91. The molecule has 0 N–H and O–H groups in total. The van der Waals surface area contributed by atoms with Gasteiger partial charge < -0.3 is 0 Å². The summed E-state index contributed by atoms with van der Waals surface area (Å²) in [7, 11) is 5.96. The first-order valence-electron chi connectivity index (χ1n) is 3.44. The Bertz CT molecular complexity index is 235. The molecule has 1 aromatic rings. The van der Waals surface area contributed by atoms with Crippen LogP contribution in [0.15, 0.2) is 18.3 Å². The van der Waals surface area contributed by atoms with E-state index in [1.165, 1.54) is 12.3 Å². The van der Waals surface area contributed by atoms with E-state index in [4.69, 9.17) is 0 Å². The summed E-state index contributed by atoms with van der Waals surface area (Å²) in [4.78, 5) is 3.95. The zero-order valence-corrected chi connectivity index (χ0v) is 7.00. The second kappa shape index (κ2) is 2.58. The smallest absolute Gasteiger partial charge is 0.227 e. The number of halogens is 1. The van der Waals surface area contributed by atoms with Crippen LogP contribution in [0.5, 0.6) is 0 Å². The third-order valence-corrected chi connectivity index (χ3v) is 1.40. The van der Waals surface area contributed by atoms with Crippen LogP contribution in [0.2, 0.25) is 0 Å². The van der Waals surface area contributed by atoms with Crippen molar-refractivity contribution in [1.29, 1.82) is 0 Å². The van der Waals surface area contributed by atoms with Crippen LogP contribution in [0, 0.1) is 5.82 Å². The van der Waals surface area contributed by atoms with Crippen molar-refractivity contribution in [2.24, 2.45) is 0 Å². The van der Waals surface area contributed by atoms with Gasteiger partial charge in [-0.15, -0.1) is 0 Å². The normalized spacial score (nSPS) is 11.6. The zero-order valence-electron chi connectivity index (χ0n) is 7.00. The second-order valence-electron chi connectivity index (χ2n) is 3.35. The number of rotatable bonds is 1. The summed E-state index contributed by atoms with van der Waals surface area (Å²) < 4.78 is 13.0. The minimum Gasteiger partial charge on any atom is -0.282 e. The molecule has 0 spiro atoms. The van der Waals surface area contributed by atoms with Gasteiger partial charge in [0.2, 0.25) is 5.82 Å². The van der Waals surface area contributed by atoms with Crippen LogP contribution >= 0.6 is 0 Å². The maximum atomic E-state index is 12.4. The predicted octanol–water partition coefficient (Wildman–Crippen LogP) is 1.42. The Morgan fingerprint density at radius 3 is 2.27 bits per heavy atom. The second-order valence-corrected chi connectivity index (χ2v) is 3.35. The molecule has 0 amide bonds. The minimum atomic E-state index is -0.290. The highest BCUT2D eigenvalue weighted by atomic mass is 19.1.